The van der Waals surface area contributed by atoms with Crippen LogP contribution in [0, 0.1) is 0 Å². The van der Waals surface area contributed by atoms with Gasteiger partial charge in [0.25, 0.3) is 0 Å². The lowest BCUT2D eigenvalue weighted by Crippen LogP contribution is -2.54. The molecule has 4 rings (SSSR count). The number of carbonyl (C=O) groups is 3. The van der Waals surface area contributed by atoms with E-state index in [0.717, 1.165) is 5.56 Å². The molecule has 0 saturated carbocycles. The maximum Gasteiger partial charge on any atom is 0.418 e. The molecule has 1 unspecified atom stereocenters. The molecule has 34 heavy (non-hydrogen) atoms. The maximum atomic E-state index is 13.2. The van der Waals surface area contributed by atoms with E-state index < -0.39 is 46.4 Å². The number of para-hydroxylation sites is 1. The van der Waals surface area contributed by atoms with E-state index in [9.17, 15) is 22.8 Å². The number of anilines is 1. The summed E-state index contributed by atoms with van der Waals surface area (Å²) in [5, 5.41) is 6.11. The molecule has 2 aliphatic heterocycles. The highest BCUT2D eigenvalue weighted by atomic mass is 32.3. The van der Waals surface area contributed by atoms with Gasteiger partial charge < -0.3 is 15.5 Å². The summed E-state index contributed by atoms with van der Waals surface area (Å²) in [6, 6.07) is 14.7. The predicted octanol–water partition coefficient (Wildman–Crippen LogP) is 1.36. The van der Waals surface area contributed by atoms with Gasteiger partial charge in [-0.15, -0.1) is 4.28 Å². The highest BCUT2D eigenvalue weighted by Crippen LogP contribution is 2.30. The molecule has 0 aliphatic carbocycles. The van der Waals surface area contributed by atoms with Gasteiger partial charge in [0.15, 0.2) is 0 Å². The van der Waals surface area contributed by atoms with E-state index in [1.807, 2.05) is 36.4 Å². The Morgan fingerprint density at radius 1 is 1.06 bits per heavy atom. The summed E-state index contributed by atoms with van der Waals surface area (Å²) in [6.45, 7) is 0.0615. The third-order valence-electron chi connectivity index (χ3n) is 5.76. The number of hydrogen-bond donors (Lipinski definition) is 3. The van der Waals surface area contributed by atoms with Crippen molar-refractivity contribution in [1.82, 2.24) is 15.3 Å². The van der Waals surface area contributed by atoms with Crippen LogP contribution >= 0.6 is 0 Å². The van der Waals surface area contributed by atoms with E-state index in [1.54, 1.807) is 24.3 Å². The second-order valence-corrected chi connectivity index (χ2v) is 9.12. The van der Waals surface area contributed by atoms with E-state index in [1.165, 1.54) is 4.90 Å². The summed E-state index contributed by atoms with van der Waals surface area (Å²) in [7, 11) is -4.89. The van der Waals surface area contributed by atoms with Crippen molar-refractivity contribution < 1.29 is 31.6 Å². The van der Waals surface area contributed by atoms with Crippen LogP contribution in [0.3, 0.4) is 0 Å². The number of nitrogens with one attached hydrogen (secondary N) is 2. The molecule has 180 valence electrons. The average Bonchev–Trinajstić information content (AvgIpc) is 3.03. The first-order chi connectivity index (χ1) is 16.2. The lowest BCUT2D eigenvalue weighted by Gasteiger charge is -2.30. The van der Waals surface area contributed by atoms with E-state index in [-0.39, 0.29) is 25.8 Å². The molecule has 0 aromatic heterocycles. The Hall–Kier alpha value is -3.48. The molecule has 4 amide bonds. The first kappa shape index (κ1) is 23.7. The van der Waals surface area contributed by atoms with Crippen LogP contribution in [0.15, 0.2) is 60.7 Å². The zero-order valence-corrected chi connectivity index (χ0v) is 18.8. The van der Waals surface area contributed by atoms with Crippen LogP contribution < -0.4 is 10.6 Å². The van der Waals surface area contributed by atoms with Crippen LogP contribution in [-0.2, 0) is 30.7 Å². The minimum atomic E-state index is -4.89. The minimum Gasteiger partial charge on any atom is -0.342 e. The summed E-state index contributed by atoms with van der Waals surface area (Å²) >= 11 is 0. The third-order valence-corrected chi connectivity index (χ3v) is 6.11. The number of piperidine rings is 1. The molecule has 12 heteroatoms. The standard InChI is InChI=1S/C22H24N4O7S/c27-20(23-16-9-5-2-6-10-16)18(13-15-7-3-1-4-8-15)24-21(28)19-12-11-17-14-25(19)22(29)26(17)33-34(30,31)32/h1-10,17-19H,11-14H2,(H,23,27)(H,24,28)(H,30,31,32)/t17?,18-,19+/m1/s1. The molecule has 2 aliphatic rings. The van der Waals surface area contributed by atoms with Gasteiger partial charge in [-0.25, -0.2) is 4.79 Å². The fraction of sp³-hybridized carbons (Fsp3) is 0.318. The fourth-order valence-corrected chi connectivity index (χ4v) is 4.57. The number of hydroxylamine groups is 2. The highest BCUT2D eigenvalue weighted by Gasteiger charge is 2.49. The Morgan fingerprint density at radius 2 is 1.71 bits per heavy atom. The van der Waals surface area contributed by atoms with E-state index in [0.29, 0.717) is 10.8 Å². The van der Waals surface area contributed by atoms with Gasteiger partial charge in [-0.3, -0.25) is 14.1 Å². The Labute approximate surface area is 196 Å². The normalized spacial score (nSPS) is 20.7. The van der Waals surface area contributed by atoms with Crippen LogP contribution in [0.4, 0.5) is 10.5 Å². The number of fused-ring (bicyclic) bond motifs is 2. The predicted molar refractivity (Wildman–Crippen MR) is 121 cm³/mol. The van der Waals surface area contributed by atoms with E-state index in [2.05, 4.69) is 14.9 Å². The molecule has 2 fully saturated rings. The Kier molecular flexibility index (Phi) is 6.82. The van der Waals surface area contributed by atoms with Crippen molar-refractivity contribution in [3.63, 3.8) is 0 Å². The number of benzene rings is 2. The van der Waals surface area contributed by atoms with Gasteiger partial charge in [-0.2, -0.15) is 13.5 Å². The molecular weight excluding hydrogens is 464 g/mol. The number of amides is 4. The Morgan fingerprint density at radius 3 is 2.35 bits per heavy atom. The summed E-state index contributed by atoms with van der Waals surface area (Å²) in [6.07, 6.45) is 0.758. The van der Waals surface area contributed by atoms with Gasteiger partial charge in [-0.05, 0) is 30.5 Å². The first-order valence-electron chi connectivity index (χ1n) is 10.7. The molecule has 2 aromatic rings. The van der Waals surface area contributed by atoms with Gasteiger partial charge in [-0.1, -0.05) is 48.5 Å². The quantitative estimate of drug-likeness (QED) is 0.476. The molecule has 0 radical (unpaired) electrons. The van der Waals surface area contributed by atoms with Crippen LogP contribution in [-0.4, -0.2) is 65.4 Å². The number of hydrogen-bond acceptors (Lipinski definition) is 6. The van der Waals surface area contributed by atoms with Crippen LogP contribution in [0.1, 0.15) is 18.4 Å². The smallest absolute Gasteiger partial charge is 0.342 e. The molecule has 3 N–H and O–H groups in total. The summed E-state index contributed by atoms with van der Waals surface area (Å²) in [5.41, 5.74) is 1.41. The van der Waals surface area contributed by atoms with Crippen molar-refractivity contribution >= 4 is 33.9 Å². The molecule has 0 spiro atoms. The fourth-order valence-electron chi connectivity index (χ4n) is 4.18. The molecule has 2 aromatic carbocycles. The summed E-state index contributed by atoms with van der Waals surface area (Å²) < 4.78 is 35.5. The topological polar surface area (TPSA) is 145 Å². The van der Waals surface area contributed by atoms with Crippen molar-refractivity contribution in [2.24, 2.45) is 0 Å². The SMILES string of the molecule is O=C(Nc1ccccc1)[C@@H](Cc1ccccc1)NC(=O)[C@@H]1CCC2CN1C(=O)N2OS(=O)(=O)O. The minimum absolute atomic E-state index is 0.0615. The molecular formula is C22H24N4O7S. The largest absolute Gasteiger partial charge is 0.418 e. The van der Waals surface area contributed by atoms with Gasteiger partial charge in [0.1, 0.15) is 12.1 Å². The summed E-state index contributed by atoms with van der Waals surface area (Å²) in [4.78, 5) is 40.0. The second-order valence-electron chi connectivity index (χ2n) is 8.12. The average molecular weight is 489 g/mol. The lowest BCUT2D eigenvalue weighted by atomic mass is 9.99. The molecule has 2 saturated heterocycles. The number of nitrogens with zero attached hydrogens (tertiary/aromatic N) is 2. The van der Waals surface area contributed by atoms with Crippen molar-refractivity contribution in [1.29, 1.82) is 0 Å². The van der Waals surface area contributed by atoms with Gasteiger partial charge in [0.05, 0.1) is 6.04 Å². The first-order valence-corrected chi connectivity index (χ1v) is 12.0. The molecule has 11 nitrogen and oxygen atoms in total. The third kappa shape index (κ3) is 5.53. The Balaban J connectivity index is 1.49. The molecule has 2 heterocycles. The van der Waals surface area contributed by atoms with Crippen molar-refractivity contribution in [2.45, 2.75) is 37.4 Å². The number of rotatable bonds is 8. The van der Waals surface area contributed by atoms with Gasteiger partial charge in [0.2, 0.25) is 11.8 Å². The number of carbonyl (C=O) groups excluding carboxylic acids is 3. The van der Waals surface area contributed by atoms with Crippen LogP contribution in [0.5, 0.6) is 0 Å². The monoisotopic (exact) mass is 488 g/mol. The van der Waals surface area contributed by atoms with Crippen molar-refractivity contribution in [3.05, 3.63) is 66.2 Å². The van der Waals surface area contributed by atoms with Crippen molar-refractivity contribution in [3.8, 4) is 0 Å². The lowest BCUT2D eigenvalue weighted by molar-refractivity contribution is -0.130. The van der Waals surface area contributed by atoms with Crippen LogP contribution in [0.25, 0.3) is 0 Å². The maximum absolute atomic E-state index is 13.2. The highest BCUT2D eigenvalue weighted by molar-refractivity contribution is 7.80. The summed E-state index contributed by atoms with van der Waals surface area (Å²) in [5.74, 6) is -0.953. The second kappa shape index (κ2) is 9.79. The number of urea groups is 1. The van der Waals surface area contributed by atoms with Crippen LogP contribution in [0.2, 0.25) is 0 Å². The van der Waals surface area contributed by atoms with E-state index >= 15 is 0 Å². The molecule has 2 bridgehead atoms. The zero-order valence-electron chi connectivity index (χ0n) is 18.0. The zero-order chi connectivity index (χ0) is 24.3. The van der Waals surface area contributed by atoms with Gasteiger partial charge in [0, 0.05) is 18.7 Å². The van der Waals surface area contributed by atoms with E-state index in [4.69, 9.17) is 4.55 Å². The Bertz CT molecular complexity index is 1160. The van der Waals surface area contributed by atoms with Crippen molar-refractivity contribution in [2.75, 3.05) is 11.9 Å². The van der Waals surface area contributed by atoms with Gasteiger partial charge >= 0.3 is 16.4 Å². The molecule has 3 atom stereocenters.